The Hall–Kier alpha value is -1.92. The van der Waals surface area contributed by atoms with Crippen molar-refractivity contribution >= 4 is 11.8 Å². The van der Waals surface area contributed by atoms with Crippen LogP contribution < -0.4 is 0 Å². The third-order valence-electron chi connectivity index (χ3n) is 5.39. The van der Waals surface area contributed by atoms with Gasteiger partial charge < -0.3 is 19.3 Å². The molecule has 2 atom stereocenters. The number of carbonyl (C=O) groups is 2. The number of morpholine rings is 1. The largest absolute Gasteiger partial charge is 0.383 e. The van der Waals surface area contributed by atoms with E-state index in [-0.39, 0.29) is 23.8 Å². The van der Waals surface area contributed by atoms with E-state index in [1.54, 1.807) is 7.11 Å². The summed E-state index contributed by atoms with van der Waals surface area (Å²) in [5.41, 5.74) is 2.16. The summed E-state index contributed by atoms with van der Waals surface area (Å²) in [7, 11) is 1.63. The molecule has 2 amide bonds. The number of hydrogen-bond acceptors (Lipinski definition) is 4. The van der Waals surface area contributed by atoms with Crippen molar-refractivity contribution in [2.45, 2.75) is 25.8 Å². The molecule has 1 aromatic rings. The minimum atomic E-state index is -0.233. The molecule has 0 spiro atoms. The highest BCUT2D eigenvalue weighted by atomic mass is 16.5. The van der Waals surface area contributed by atoms with Gasteiger partial charge in [0.15, 0.2) is 0 Å². The first-order chi connectivity index (χ1) is 12.6. The average Bonchev–Trinajstić information content (AvgIpc) is 2.67. The van der Waals surface area contributed by atoms with Crippen LogP contribution in [0.1, 0.15) is 30.0 Å². The van der Waals surface area contributed by atoms with Crippen molar-refractivity contribution in [3.8, 4) is 0 Å². The molecule has 26 heavy (non-hydrogen) atoms. The number of likely N-dealkylation sites (tertiary alicyclic amines) is 1. The fourth-order valence-corrected chi connectivity index (χ4v) is 3.99. The summed E-state index contributed by atoms with van der Waals surface area (Å²) in [5.74, 6) is 0.0153. The Morgan fingerprint density at radius 3 is 2.69 bits per heavy atom. The molecular weight excluding hydrogens is 332 g/mol. The lowest BCUT2D eigenvalue weighted by Gasteiger charge is -2.43. The number of hydrogen-bond donors (Lipinski definition) is 0. The number of piperidine rings is 1. The van der Waals surface area contributed by atoms with Crippen LogP contribution in [0.15, 0.2) is 24.3 Å². The van der Waals surface area contributed by atoms with E-state index < -0.39 is 0 Å². The van der Waals surface area contributed by atoms with Crippen LogP contribution in [-0.2, 0) is 19.1 Å². The van der Waals surface area contributed by atoms with Gasteiger partial charge in [-0.25, -0.2) is 0 Å². The number of amides is 2. The maximum atomic E-state index is 13.3. The maximum absolute atomic E-state index is 13.3. The highest BCUT2D eigenvalue weighted by Gasteiger charge is 2.42. The summed E-state index contributed by atoms with van der Waals surface area (Å²) in [6.07, 6.45) is 1.00. The molecule has 2 heterocycles. The topological polar surface area (TPSA) is 59.1 Å². The first-order valence-corrected chi connectivity index (χ1v) is 9.34. The van der Waals surface area contributed by atoms with E-state index in [0.29, 0.717) is 52.3 Å². The summed E-state index contributed by atoms with van der Waals surface area (Å²) >= 11 is 0. The van der Waals surface area contributed by atoms with E-state index in [1.165, 1.54) is 0 Å². The number of aryl methyl sites for hydroxylation is 1. The van der Waals surface area contributed by atoms with E-state index >= 15 is 0 Å². The molecule has 6 nitrogen and oxygen atoms in total. The number of nitrogens with zero attached hydrogens (tertiary/aromatic N) is 2. The van der Waals surface area contributed by atoms with Crippen LogP contribution in [-0.4, -0.2) is 68.2 Å². The zero-order valence-electron chi connectivity index (χ0n) is 15.6. The molecule has 1 aromatic carbocycles. The van der Waals surface area contributed by atoms with Gasteiger partial charge in [0.1, 0.15) is 0 Å². The Kier molecular flexibility index (Phi) is 6.27. The van der Waals surface area contributed by atoms with Crippen LogP contribution >= 0.6 is 0 Å². The molecule has 0 radical (unpaired) electrons. The lowest BCUT2D eigenvalue weighted by molar-refractivity contribution is -0.151. The highest BCUT2D eigenvalue weighted by Crippen LogP contribution is 2.39. The lowest BCUT2D eigenvalue weighted by atomic mass is 9.81. The average molecular weight is 360 g/mol. The Morgan fingerprint density at radius 1 is 1.27 bits per heavy atom. The number of carbonyl (C=O) groups excluding carboxylic acids is 2. The molecule has 6 heteroatoms. The van der Waals surface area contributed by atoms with Crippen molar-refractivity contribution in [1.29, 1.82) is 0 Å². The molecule has 2 fully saturated rings. The fraction of sp³-hybridized carbons (Fsp3) is 0.600. The summed E-state index contributed by atoms with van der Waals surface area (Å²) in [5, 5.41) is 0. The van der Waals surface area contributed by atoms with Crippen LogP contribution in [0.25, 0.3) is 0 Å². The number of rotatable bonds is 5. The van der Waals surface area contributed by atoms with Crippen LogP contribution in [0, 0.1) is 12.8 Å². The van der Waals surface area contributed by atoms with Gasteiger partial charge in [0.2, 0.25) is 11.8 Å². The lowest BCUT2D eigenvalue weighted by Crippen LogP contribution is -2.52. The summed E-state index contributed by atoms with van der Waals surface area (Å²) in [6, 6.07) is 7.81. The van der Waals surface area contributed by atoms with Crippen molar-refractivity contribution in [2.24, 2.45) is 5.92 Å². The van der Waals surface area contributed by atoms with Crippen LogP contribution in [0.2, 0.25) is 0 Å². The SMILES string of the molecule is COCCN1C(=O)CC[C@@H](C(=O)N2CCOCC2)[C@@H]1c1ccccc1C. The fourth-order valence-electron chi connectivity index (χ4n) is 3.99. The van der Waals surface area contributed by atoms with Gasteiger partial charge in [-0.3, -0.25) is 9.59 Å². The molecule has 0 saturated carbocycles. The molecule has 2 saturated heterocycles. The van der Waals surface area contributed by atoms with Crippen LogP contribution in [0.3, 0.4) is 0 Å². The molecule has 0 N–H and O–H groups in total. The molecule has 2 aliphatic rings. The molecular formula is C20H28N2O4. The molecule has 142 valence electrons. The first kappa shape index (κ1) is 18.9. The monoisotopic (exact) mass is 360 g/mol. The summed E-state index contributed by atoms with van der Waals surface area (Å²) < 4.78 is 10.6. The van der Waals surface area contributed by atoms with Gasteiger partial charge in [0.25, 0.3) is 0 Å². The van der Waals surface area contributed by atoms with Gasteiger partial charge in [0, 0.05) is 33.2 Å². The van der Waals surface area contributed by atoms with E-state index in [0.717, 1.165) is 11.1 Å². The number of methoxy groups -OCH3 is 1. The predicted octanol–water partition coefficient (Wildman–Crippen LogP) is 1.78. The predicted molar refractivity (Wildman–Crippen MR) is 97.6 cm³/mol. The second kappa shape index (κ2) is 8.64. The molecule has 0 aromatic heterocycles. The van der Waals surface area contributed by atoms with Gasteiger partial charge in [-0.1, -0.05) is 24.3 Å². The number of benzene rings is 1. The molecule has 0 unspecified atom stereocenters. The Morgan fingerprint density at radius 2 is 2.00 bits per heavy atom. The normalized spacial score (nSPS) is 24.0. The van der Waals surface area contributed by atoms with E-state index in [4.69, 9.17) is 9.47 Å². The van der Waals surface area contributed by atoms with Gasteiger partial charge in [-0.05, 0) is 24.5 Å². The third-order valence-corrected chi connectivity index (χ3v) is 5.39. The quantitative estimate of drug-likeness (QED) is 0.803. The second-order valence-corrected chi connectivity index (χ2v) is 6.96. The van der Waals surface area contributed by atoms with Crippen molar-refractivity contribution in [3.05, 3.63) is 35.4 Å². The molecule has 3 rings (SSSR count). The highest BCUT2D eigenvalue weighted by molar-refractivity contribution is 5.85. The standard InChI is InChI=1S/C20H28N2O4/c1-15-5-3-4-6-16(15)19-17(20(24)21-9-13-26-14-10-21)7-8-18(23)22(19)11-12-25-2/h3-6,17,19H,7-14H2,1-2H3/t17-,19+/m1/s1. The van der Waals surface area contributed by atoms with Crippen LogP contribution in [0.5, 0.6) is 0 Å². The summed E-state index contributed by atoms with van der Waals surface area (Å²) in [4.78, 5) is 29.7. The first-order valence-electron chi connectivity index (χ1n) is 9.34. The van der Waals surface area contributed by atoms with Crippen molar-refractivity contribution in [3.63, 3.8) is 0 Å². The Labute approximate surface area is 155 Å². The zero-order chi connectivity index (χ0) is 18.5. The molecule has 2 aliphatic heterocycles. The minimum Gasteiger partial charge on any atom is -0.383 e. The zero-order valence-corrected chi connectivity index (χ0v) is 15.6. The summed E-state index contributed by atoms with van der Waals surface area (Å²) in [6.45, 7) is 5.43. The van der Waals surface area contributed by atoms with E-state index in [2.05, 4.69) is 0 Å². The Balaban J connectivity index is 1.93. The smallest absolute Gasteiger partial charge is 0.228 e. The van der Waals surface area contributed by atoms with Crippen molar-refractivity contribution in [1.82, 2.24) is 9.80 Å². The van der Waals surface area contributed by atoms with Gasteiger partial charge in [-0.15, -0.1) is 0 Å². The number of ether oxygens (including phenoxy) is 2. The van der Waals surface area contributed by atoms with Crippen LogP contribution in [0.4, 0.5) is 0 Å². The Bertz CT molecular complexity index is 642. The van der Waals surface area contributed by atoms with Gasteiger partial charge in [-0.2, -0.15) is 0 Å². The van der Waals surface area contributed by atoms with Gasteiger partial charge >= 0.3 is 0 Å². The van der Waals surface area contributed by atoms with Crippen molar-refractivity contribution in [2.75, 3.05) is 46.6 Å². The molecule has 0 aliphatic carbocycles. The maximum Gasteiger partial charge on any atom is 0.228 e. The third kappa shape index (κ3) is 3.91. The second-order valence-electron chi connectivity index (χ2n) is 6.96. The van der Waals surface area contributed by atoms with E-state index in [9.17, 15) is 9.59 Å². The van der Waals surface area contributed by atoms with Gasteiger partial charge in [0.05, 0.1) is 31.8 Å². The molecule has 0 bridgehead atoms. The van der Waals surface area contributed by atoms with Crippen molar-refractivity contribution < 1.29 is 19.1 Å². The minimum absolute atomic E-state index is 0.0985. The van der Waals surface area contributed by atoms with E-state index in [1.807, 2.05) is 41.0 Å².